The number of hydrogen-bond donors (Lipinski definition) is 3. The minimum absolute atomic E-state index is 0.0295. The van der Waals surface area contributed by atoms with Gasteiger partial charge in [0.25, 0.3) is 5.91 Å². The van der Waals surface area contributed by atoms with Crippen LogP contribution in [0.4, 0.5) is 0 Å². The minimum atomic E-state index is -3.56. The third kappa shape index (κ3) is 3.78. The summed E-state index contributed by atoms with van der Waals surface area (Å²) in [6.45, 7) is 1.64. The van der Waals surface area contributed by atoms with Crippen molar-refractivity contribution >= 4 is 21.9 Å². The lowest BCUT2D eigenvalue weighted by Crippen LogP contribution is -2.40. The summed E-state index contributed by atoms with van der Waals surface area (Å²) < 4.78 is 25.2. The molecule has 1 amide bonds. The van der Waals surface area contributed by atoms with Crippen molar-refractivity contribution in [3.05, 3.63) is 29.8 Å². The number of amides is 1. The van der Waals surface area contributed by atoms with Crippen molar-refractivity contribution in [2.24, 2.45) is 0 Å². The van der Waals surface area contributed by atoms with Crippen LogP contribution in [0.25, 0.3) is 0 Å². The van der Waals surface area contributed by atoms with Gasteiger partial charge in [0.15, 0.2) is 0 Å². The van der Waals surface area contributed by atoms with Crippen molar-refractivity contribution in [3.63, 3.8) is 0 Å². The van der Waals surface area contributed by atoms with Crippen molar-refractivity contribution in [1.82, 2.24) is 10.0 Å². The van der Waals surface area contributed by atoms with E-state index < -0.39 is 27.9 Å². The normalized spacial score (nSPS) is 12.7. The number of nitrogens with one attached hydrogen (secondary N) is 2. The average Bonchev–Trinajstić information content (AvgIpc) is 2.44. The Morgan fingerprint density at radius 3 is 2.20 bits per heavy atom. The number of hydrogen-bond acceptors (Lipinski definition) is 4. The van der Waals surface area contributed by atoms with E-state index in [0.717, 1.165) is 0 Å². The lowest BCUT2D eigenvalue weighted by Gasteiger charge is -2.12. The molecule has 1 aromatic carbocycles. The summed E-state index contributed by atoms with van der Waals surface area (Å²) in [6.07, 6.45) is 0.257. The predicted molar refractivity (Wildman–Crippen MR) is 71.9 cm³/mol. The number of benzene rings is 1. The fourth-order valence-electron chi connectivity index (χ4n) is 1.48. The van der Waals surface area contributed by atoms with Gasteiger partial charge in [-0.2, -0.15) is 0 Å². The summed E-state index contributed by atoms with van der Waals surface area (Å²) in [7, 11) is -2.27. The standard InChI is InChI=1S/C12H16N2O5S/c1-3-10(12(16)17)14-11(15)8-4-6-9(7-5-8)20(18,19)13-2/h4-7,10,13H,3H2,1-2H3,(H,14,15)(H,16,17). The lowest BCUT2D eigenvalue weighted by molar-refractivity contribution is -0.139. The monoisotopic (exact) mass is 300 g/mol. The molecule has 0 bridgehead atoms. The molecule has 0 aliphatic rings. The van der Waals surface area contributed by atoms with Crippen molar-refractivity contribution in [2.45, 2.75) is 24.3 Å². The molecular weight excluding hydrogens is 284 g/mol. The molecule has 20 heavy (non-hydrogen) atoms. The van der Waals surface area contributed by atoms with Gasteiger partial charge in [0.05, 0.1) is 4.90 Å². The molecule has 1 rings (SSSR count). The van der Waals surface area contributed by atoms with Gasteiger partial charge in [-0.25, -0.2) is 17.9 Å². The average molecular weight is 300 g/mol. The van der Waals surface area contributed by atoms with Crippen molar-refractivity contribution in [2.75, 3.05) is 7.05 Å². The summed E-state index contributed by atoms with van der Waals surface area (Å²) in [6, 6.07) is 4.25. The number of aliphatic carboxylic acids is 1. The molecule has 0 aliphatic heterocycles. The van der Waals surface area contributed by atoms with Crippen LogP contribution < -0.4 is 10.0 Å². The van der Waals surface area contributed by atoms with Crippen LogP contribution in [-0.2, 0) is 14.8 Å². The molecular formula is C12H16N2O5S. The zero-order chi connectivity index (χ0) is 15.3. The second-order valence-corrected chi connectivity index (χ2v) is 5.89. The highest BCUT2D eigenvalue weighted by Gasteiger charge is 2.19. The van der Waals surface area contributed by atoms with Gasteiger partial charge >= 0.3 is 5.97 Å². The molecule has 1 aromatic rings. The molecule has 1 atom stereocenters. The van der Waals surface area contributed by atoms with E-state index in [1.807, 2.05) is 0 Å². The maximum absolute atomic E-state index is 11.8. The molecule has 1 unspecified atom stereocenters. The molecule has 3 N–H and O–H groups in total. The Morgan fingerprint density at radius 2 is 1.80 bits per heavy atom. The number of carboxylic acid groups (broad SMARTS) is 1. The van der Waals surface area contributed by atoms with E-state index in [9.17, 15) is 18.0 Å². The SMILES string of the molecule is CCC(NC(=O)c1ccc(S(=O)(=O)NC)cc1)C(=O)O. The van der Waals surface area contributed by atoms with Crippen molar-refractivity contribution < 1.29 is 23.1 Å². The van der Waals surface area contributed by atoms with Gasteiger partial charge in [-0.1, -0.05) is 6.92 Å². The molecule has 0 saturated heterocycles. The molecule has 0 radical (unpaired) electrons. The van der Waals surface area contributed by atoms with E-state index in [1.54, 1.807) is 6.92 Å². The van der Waals surface area contributed by atoms with Crippen molar-refractivity contribution in [1.29, 1.82) is 0 Å². The van der Waals surface area contributed by atoms with Crippen LogP contribution >= 0.6 is 0 Å². The number of carbonyl (C=O) groups excluding carboxylic acids is 1. The Labute approximate surface area is 117 Å². The first kappa shape index (κ1) is 16.1. The predicted octanol–water partition coefficient (Wildman–Crippen LogP) is 0.188. The minimum Gasteiger partial charge on any atom is -0.480 e. The van der Waals surface area contributed by atoms with E-state index in [0.29, 0.717) is 0 Å². The van der Waals surface area contributed by atoms with Crippen LogP contribution in [0, 0.1) is 0 Å². The second kappa shape index (κ2) is 6.49. The Morgan fingerprint density at radius 1 is 1.25 bits per heavy atom. The Balaban J connectivity index is 2.89. The van der Waals surface area contributed by atoms with E-state index >= 15 is 0 Å². The van der Waals surface area contributed by atoms with Crippen LogP contribution in [0.15, 0.2) is 29.2 Å². The first-order chi connectivity index (χ1) is 9.31. The highest BCUT2D eigenvalue weighted by atomic mass is 32.2. The quantitative estimate of drug-likeness (QED) is 0.694. The summed E-state index contributed by atoms with van der Waals surface area (Å²) in [5.74, 6) is -1.68. The Bertz CT molecular complexity index is 595. The maximum Gasteiger partial charge on any atom is 0.326 e. The van der Waals surface area contributed by atoms with Gasteiger partial charge in [0.1, 0.15) is 6.04 Å². The third-order valence-electron chi connectivity index (χ3n) is 2.71. The molecule has 0 fully saturated rings. The zero-order valence-corrected chi connectivity index (χ0v) is 11.9. The second-order valence-electron chi connectivity index (χ2n) is 4.00. The van der Waals surface area contributed by atoms with Crippen LogP contribution in [0.2, 0.25) is 0 Å². The molecule has 0 saturated carbocycles. The van der Waals surface area contributed by atoms with Crippen LogP contribution in [-0.4, -0.2) is 38.5 Å². The molecule has 8 heteroatoms. The summed E-state index contributed by atoms with van der Waals surface area (Å²) in [5, 5.41) is 11.2. The van der Waals surface area contributed by atoms with Crippen LogP contribution in [0.1, 0.15) is 23.7 Å². The fourth-order valence-corrected chi connectivity index (χ4v) is 2.21. The first-order valence-electron chi connectivity index (χ1n) is 5.89. The topological polar surface area (TPSA) is 113 Å². The molecule has 0 aromatic heterocycles. The number of rotatable bonds is 6. The van der Waals surface area contributed by atoms with Crippen LogP contribution in [0.3, 0.4) is 0 Å². The summed E-state index contributed by atoms with van der Waals surface area (Å²) in [4.78, 5) is 22.7. The molecule has 0 heterocycles. The molecule has 7 nitrogen and oxygen atoms in total. The summed E-state index contributed by atoms with van der Waals surface area (Å²) in [5.41, 5.74) is 0.194. The van der Waals surface area contributed by atoms with Gasteiger partial charge in [-0.15, -0.1) is 0 Å². The molecule has 110 valence electrons. The van der Waals surface area contributed by atoms with Gasteiger partial charge in [0.2, 0.25) is 10.0 Å². The van der Waals surface area contributed by atoms with Crippen molar-refractivity contribution in [3.8, 4) is 0 Å². The highest BCUT2D eigenvalue weighted by molar-refractivity contribution is 7.89. The largest absolute Gasteiger partial charge is 0.480 e. The number of carbonyl (C=O) groups is 2. The van der Waals surface area contributed by atoms with E-state index in [2.05, 4.69) is 10.0 Å². The number of sulfonamides is 1. The molecule has 0 spiro atoms. The van der Waals surface area contributed by atoms with E-state index in [1.165, 1.54) is 31.3 Å². The van der Waals surface area contributed by atoms with Crippen LogP contribution in [0.5, 0.6) is 0 Å². The Kier molecular flexibility index (Phi) is 5.23. The fraction of sp³-hybridized carbons (Fsp3) is 0.333. The molecule has 0 aliphatic carbocycles. The first-order valence-corrected chi connectivity index (χ1v) is 7.37. The van der Waals surface area contributed by atoms with Gasteiger partial charge in [0, 0.05) is 5.56 Å². The zero-order valence-electron chi connectivity index (χ0n) is 11.1. The van der Waals surface area contributed by atoms with Gasteiger partial charge in [-0.05, 0) is 37.7 Å². The number of carboxylic acids is 1. The highest BCUT2D eigenvalue weighted by Crippen LogP contribution is 2.10. The summed E-state index contributed by atoms with van der Waals surface area (Å²) >= 11 is 0. The third-order valence-corrected chi connectivity index (χ3v) is 4.14. The maximum atomic E-state index is 11.8. The van der Waals surface area contributed by atoms with Gasteiger partial charge in [-0.3, -0.25) is 4.79 Å². The van der Waals surface area contributed by atoms with E-state index in [4.69, 9.17) is 5.11 Å². The smallest absolute Gasteiger partial charge is 0.326 e. The van der Waals surface area contributed by atoms with Gasteiger partial charge < -0.3 is 10.4 Å². The lowest BCUT2D eigenvalue weighted by atomic mass is 10.1. The Hall–Kier alpha value is -1.93. The van der Waals surface area contributed by atoms with E-state index in [-0.39, 0.29) is 16.9 Å².